The fourth-order valence-corrected chi connectivity index (χ4v) is 3.78. The minimum atomic E-state index is -0.387. The highest BCUT2D eigenvalue weighted by atomic mass is 19.1. The molecule has 1 aliphatic heterocycles. The summed E-state index contributed by atoms with van der Waals surface area (Å²) in [6.07, 6.45) is 5.44. The summed E-state index contributed by atoms with van der Waals surface area (Å²) >= 11 is 0. The first-order chi connectivity index (χ1) is 12.7. The standard InChI is InChI=1S/C21H22FNO3/c22-17-6-4-5-16(12-17)21(24)23(18-7-2-1-3-8-18)13-15-9-10-19-20(11-15)26-14-25-19/h4-6,9-12,18H,1-3,7-8,13-14H2. The highest BCUT2D eigenvalue weighted by Gasteiger charge is 2.27. The molecule has 1 fully saturated rings. The predicted octanol–water partition coefficient (Wildman–Crippen LogP) is 4.53. The van der Waals surface area contributed by atoms with Gasteiger partial charge in [-0.25, -0.2) is 4.39 Å². The molecule has 2 aromatic rings. The third-order valence-electron chi connectivity index (χ3n) is 5.14. The van der Waals surface area contributed by atoms with Crippen molar-refractivity contribution in [2.45, 2.75) is 44.7 Å². The van der Waals surface area contributed by atoms with Gasteiger partial charge in [-0.3, -0.25) is 4.79 Å². The van der Waals surface area contributed by atoms with Gasteiger partial charge in [-0.05, 0) is 48.7 Å². The summed E-state index contributed by atoms with van der Waals surface area (Å²) in [5, 5.41) is 0. The molecule has 0 N–H and O–H groups in total. The van der Waals surface area contributed by atoms with Gasteiger partial charge in [0.2, 0.25) is 6.79 Å². The minimum Gasteiger partial charge on any atom is -0.454 e. The zero-order valence-corrected chi connectivity index (χ0v) is 14.6. The third kappa shape index (κ3) is 3.52. The van der Waals surface area contributed by atoms with Gasteiger partial charge in [0.25, 0.3) is 5.91 Å². The van der Waals surface area contributed by atoms with Crippen LogP contribution in [0.1, 0.15) is 48.0 Å². The van der Waals surface area contributed by atoms with E-state index in [0.29, 0.717) is 17.9 Å². The van der Waals surface area contributed by atoms with Gasteiger partial charge < -0.3 is 14.4 Å². The van der Waals surface area contributed by atoms with Crippen molar-refractivity contribution in [2.75, 3.05) is 6.79 Å². The number of hydrogen-bond donors (Lipinski definition) is 0. The monoisotopic (exact) mass is 355 g/mol. The van der Waals surface area contributed by atoms with Crippen LogP contribution in [0.2, 0.25) is 0 Å². The molecule has 0 bridgehead atoms. The maximum absolute atomic E-state index is 13.6. The number of fused-ring (bicyclic) bond motifs is 1. The quantitative estimate of drug-likeness (QED) is 0.809. The van der Waals surface area contributed by atoms with Crippen LogP contribution in [0.5, 0.6) is 11.5 Å². The normalized spacial score (nSPS) is 16.5. The summed E-state index contributed by atoms with van der Waals surface area (Å²) in [5.41, 5.74) is 1.39. The fourth-order valence-electron chi connectivity index (χ4n) is 3.78. The van der Waals surface area contributed by atoms with Gasteiger partial charge in [0, 0.05) is 18.2 Å². The number of benzene rings is 2. The SMILES string of the molecule is O=C(c1cccc(F)c1)N(Cc1ccc2c(c1)OCO2)C1CCCCC1. The molecule has 136 valence electrons. The van der Waals surface area contributed by atoms with Crippen LogP contribution in [0, 0.1) is 5.82 Å². The second-order valence-electron chi connectivity index (χ2n) is 6.92. The van der Waals surface area contributed by atoms with E-state index in [1.807, 2.05) is 23.1 Å². The van der Waals surface area contributed by atoms with Crippen LogP contribution in [-0.4, -0.2) is 23.6 Å². The largest absolute Gasteiger partial charge is 0.454 e. The van der Waals surface area contributed by atoms with Crippen molar-refractivity contribution >= 4 is 5.91 Å². The lowest BCUT2D eigenvalue weighted by Crippen LogP contribution is -2.41. The maximum atomic E-state index is 13.6. The number of carbonyl (C=O) groups excluding carboxylic acids is 1. The molecule has 0 aromatic heterocycles. The van der Waals surface area contributed by atoms with Crippen molar-refractivity contribution in [3.05, 3.63) is 59.4 Å². The Morgan fingerprint density at radius 1 is 1.04 bits per heavy atom. The highest BCUT2D eigenvalue weighted by molar-refractivity contribution is 5.94. The van der Waals surface area contributed by atoms with Gasteiger partial charge in [0.05, 0.1) is 0 Å². The number of ether oxygens (including phenoxy) is 2. The first-order valence-corrected chi connectivity index (χ1v) is 9.16. The Morgan fingerprint density at radius 3 is 2.65 bits per heavy atom. The van der Waals surface area contributed by atoms with E-state index in [9.17, 15) is 9.18 Å². The summed E-state index contributed by atoms with van der Waals surface area (Å²) in [4.78, 5) is 15.0. The molecular formula is C21H22FNO3. The first-order valence-electron chi connectivity index (χ1n) is 9.16. The number of halogens is 1. The Hall–Kier alpha value is -2.56. The van der Waals surface area contributed by atoms with Crippen molar-refractivity contribution in [1.82, 2.24) is 4.90 Å². The zero-order valence-electron chi connectivity index (χ0n) is 14.6. The molecule has 1 saturated carbocycles. The molecule has 1 heterocycles. The van der Waals surface area contributed by atoms with Crippen molar-refractivity contribution in [2.24, 2.45) is 0 Å². The molecule has 26 heavy (non-hydrogen) atoms. The minimum absolute atomic E-state index is 0.117. The van der Waals surface area contributed by atoms with Gasteiger partial charge in [-0.15, -0.1) is 0 Å². The second kappa shape index (κ2) is 7.36. The molecule has 0 spiro atoms. The second-order valence-corrected chi connectivity index (χ2v) is 6.92. The number of amides is 1. The van der Waals surface area contributed by atoms with E-state index in [0.717, 1.165) is 37.0 Å². The predicted molar refractivity (Wildman–Crippen MR) is 95.7 cm³/mol. The van der Waals surface area contributed by atoms with Crippen LogP contribution in [0.15, 0.2) is 42.5 Å². The summed E-state index contributed by atoms with van der Waals surface area (Å²) in [6.45, 7) is 0.712. The average molecular weight is 355 g/mol. The van der Waals surface area contributed by atoms with Gasteiger partial charge in [-0.1, -0.05) is 31.4 Å². The molecule has 2 aromatic carbocycles. The van der Waals surface area contributed by atoms with Crippen LogP contribution in [0.25, 0.3) is 0 Å². The molecule has 4 nitrogen and oxygen atoms in total. The van der Waals surface area contributed by atoms with Crippen LogP contribution < -0.4 is 9.47 Å². The first kappa shape index (κ1) is 16.9. The van der Waals surface area contributed by atoms with E-state index in [1.165, 1.54) is 18.6 Å². The molecule has 0 radical (unpaired) electrons. The van der Waals surface area contributed by atoms with Gasteiger partial charge in [-0.2, -0.15) is 0 Å². The molecule has 0 atom stereocenters. The van der Waals surface area contributed by atoms with Crippen molar-refractivity contribution in [1.29, 1.82) is 0 Å². The highest BCUT2D eigenvalue weighted by Crippen LogP contribution is 2.34. The van der Waals surface area contributed by atoms with E-state index < -0.39 is 0 Å². The molecule has 1 amide bonds. The van der Waals surface area contributed by atoms with Crippen molar-refractivity contribution in [3.8, 4) is 11.5 Å². The summed E-state index contributed by atoms with van der Waals surface area (Å²) < 4.78 is 24.4. The summed E-state index contributed by atoms with van der Waals surface area (Å²) in [5.74, 6) is 0.940. The van der Waals surface area contributed by atoms with E-state index >= 15 is 0 Å². The van der Waals surface area contributed by atoms with Crippen LogP contribution in [0.4, 0.5) is 4.39 Å². The fraction of sp³-hybridized carbons (Fsp3) is 0.381. The maximum Gasteiger partial charge on any atom is 0.254 e. The summed E-state index contributed by atoms with van der Waals surface area (Å²) in [6, 6.07) is 11.9. The van der Waals surface area contributed by atoms with Gasteiger partial charge in [0.1, 0.15) is 5.82 Å². The van der Waals surface area contributed by atoms with E-state index in [-0.39, 0.29) is 24.6 Å². The van der Waals surface area contributed by atoms with Crippen molar-refractivity contribution in [3.63, 3.8) is 0 Å². The molecule has 5 heteroatoms. The topological polar surface area (TPSA) is 38.8 Å². The molecule has 0 saturated heterocycles. The average Bonchev–Trinajstić information content (AvgIpc) is 3.14. The third-order valence-corrected chi connectivity index (χ3v) is 5.14. The Morgan fingerprint density at radius 2 is 1.85 bits per heavy atom. The Kier molecular flexibility index (Phi) is 4.78. The molecule has 0 unspecified atom stereocenters. The lowest BCUT2D eigenvalue weighted by atomic mass is 9.93. The Bertz CT molecular complexity index is 802. The summed E-state index contributed by atoms with van der Waals surface area (Å²) in [7, 11) is 0. The number of rotatable bonds is 4. The number of nitrogens with zero attached hydrogens (tertiary/aromatic N) is 1. The molecular weight excluding hydrogens is 333 g/mol. The number of carbonyl (C=O) groups is 1. The lowest BCUT2D eigenvalue weighted by molar-refractivity contribution is 0.0613. The van der Waals surface area contributed by atoms with E-state index in [1.54, 1.807) is 12.1 Å². The van der Waals surface area contributed by atoms with Gasteiger partial charge in [0.15, 0.2) is 11.5 Å². The Balaban J connectivity index is 1.61. The van der Waals surface area contributed by atoms with E-state index in [2.05, 4.69) is 0 Å². The van der Waals surface area contributed by atoms with Crippen molar-refractivity contribution < 1.29 is 18.7 Å². The van der Waals surface area contributed by atoms with E-state index in [4.69, 9.17) is 9.47 Å². The molecule has 2 aliphatic rings. The Labute approximate surface area is 152 Å². The molecule has 1 aliphatic carbocycles. The van der Waals surface area contributed by atoms with Gasteiger partial charge >= 0.3 is 0 Å². The van der Waals surface area contributed by atoms with Crippen LogP contribution in [-0.2, 0) is 6.54 Å². The smallest absolute Gasteiger partial charge is 0.254 e. The number of hydrogen-bond acceptors (Lipinski definition) is 3. The van der Waals surface area contributed by atoms with Crippen LogP contribution >= 0.6 is 0 Å². The zero-order chi connectivity index (χ0) is 17.9. The molecule has 4 rings (SSSR count). The van der Waals surface area contributed by atoms with Crippen LogP contribution in [0.3, 0.4) is 0 Å². The lowest BCUT2D eigenvalue weighted by Gasteiger charge is -2.34.